The normalized spacial score (nSPS) is 24.1. The van der Waals surface area contributed by atoms with Crippen molar-refractivity contribution in [3.8, 4) is 0 Å². The van der Waals surface area contributed by atoms with Gasteiger partial charge in [0.25, 0.3) is 0 Å². The van der Waals surface area contributed by atoms with Crippen molar-refractivity contribution < 1.29 is 4.79 Å². The summed E-state index contributed by atoms with van der Waals surface area (Å²) in [5, 5.41) is 0. The zero-order chi connectivity index (χ0) is 13.9. The lowest BCUT2D eigenvalue weighted by atomic mass is 10.1. The number of hydrogen-bond acceptors (Lipinski definition) is 2. The Morgan fingerprint density at radius 3 is 2.80 bits per heavy atom. The first-order chi connectivity index (χ1) is 9.78. The fraction of sp³-hybridized carbons (Fsp3) is 0.471. The molecule has 0 aliphatic carbocycles. The van der Waals surface area contributed by atoms with Crippen LogP contribution in [0.25, 0.3) is 0 Å². The Balaban J connectivity index is 1.58. The molecule has 2 aliphatic heterocycles. The van der Waals surface area contributed by atoms with Gasteiger partial charge >= 0.3 is 0 Å². The molecule has 1 aromatic rings. The van der Waals surface area contributed by atoms with Crippen LogP contribution in [0.4, 0.5) is 0 Å². The molecule has 2 aliphatic rings. The summed E-state index contributed by atoms with van der Waals surface area (Å²) in [6.07, 6.45) is 11.4. The second kappa shape index (κ2) is 6.04. The molecule has 2 unspecified atom stereocenters. The lowest BCUT2D eigenvalue weighted by Crippen LogP contribution is -2.42. The van der Waals surface area contributed by atoms with Crippen molar-refractivity contribution in [2.75, 3.05) is 6.26 Å². The van der Waals surface area contributed by atoms with Crippen molar-refractivity contribution >= 4 is 17.7 Å². The summed E-state index contributed by atoms with van der Waals surface area (Å²) in [7, 11) is 0. The quantitative estimate of drug-likeness (QED) is 0.622. The largest absolute Gasteiger partial charge is 0.333 e. The van der Waals surface area contributed by atoms with Crippen LogP contribution < -0.4 is 0 Å². The molecule has 1 aromatic carbocycles. The van der Waals surface area contributed by atoms with Gasteiger partial charge < -0.3 is 4.90 Å². The maximum atomic E-state index is 12.4. The van der Waals surface area contributed by atoms with E-state index in [4.69, 9.17) is 0 Å². The minimum Gasteiger partial charge on any atom is -0.333 e. The second-order valence-corrected chi connectivity index (χ2v) is 6.49. The number of carbonyl (C=O) groups excluding carboxylic acids is 1. The number of nitrogens with zero attached hydrogens (tertiary/aromatic N) is 1. The third-order valence-electron chi connectivity index (χ3n) is 4.39. The highest BCUT2D eigenvalue weighted by Crippen LogP contribution is 2.32. The first-order valence-corrected chi connectivity index (χ1v) is 8.61. The summed E-state index contributed by atoms with van der Waals surface area (Å²) in [6.45, 7) is 0. The molecule has 1 saturated heterocycles. The summed E-state index contributed by atoms with van der Waals surface area (Å²) in [5.74, 6) is 0.329. The Bertz CT molecular complexity index is 508. The molecular weight excluding hydrogens is 266 g/mol. The van der Waals surface area contributed by atoms with Crippen molar-refractivity contribution in [2.45, 2.75) is 49.1 Å². The molecule has 1 amide bonds. The lowest BCUT2D eigenvalue weighted by Gasteiger charge is -2.31. The fourth-order valence-electron chi connectivity index (χ4n) is 3.29. The molecular formula is C17H21NOS. The van der Waals surface area contributed by atoms with Gasteiger partial charge in [0.1, 0.15) is 0 Å². The van der Waals surface area contributed by atoms with Gasteiger partial charge in [-0.2, -0.15) is 0 Å². The van der Waals surface area contributed by atoms with Crippen LogP contribution in [0.2, 0.25) is 0 Å². The van der Waals surface area contributed by atoms with E-state index in [9.17, 15) is 4.79 Å². The van der Waals surface area contributed by atoms with Crippen LogP contribution in [0.1, 0.15) is 31.2 Å². The number of rotatable bonds is 4. The number of hydrogen-bond donors (Lipinski definition) is 0. The summed E-state index contributed by atoms with van der Waals surface area (Å²) < 4.78 is 0. The van der Waals surface area contributed by atoms with E-state index in [1.54, 1.807) is 11.8 Å². The molecule has 0 N–H and O–H groups in total. The van der Waals surface area contributed by atoms with Crippen LogP contribution in [0, 0.1) is 0 Å². The number of thioether (sulfide) groups is 1. The number of aryl methyl sites for hydroxylation is 1. The number of benzene rings is 1. The van der Waals surface area contributed by atoms with Gasteiger partial charge in [0.05, 0.1) is 6.04 Å². The van der Waals surface area contributed by atoms with Crippen LogP contribution in [0.15, 0.2) is 41.3 Å². The van der Waals surface area contributed by atoms with Gasteiger partial charge in [-0.05, 0) is 49.6 Å². The zero-order valence-electron chi connectivity index (χ0n) is 11.9. The van der Waals surface area contributed by atoms with Crippen molar-refractivity contribution in [3.05, 3.63) is 42.0 Å². The van der Waals surface area contributed by atoms with E-state index in [0.717, 1.165) is 19.3 Å². The molecule has 20 heavy (non-hydrogen) atoms. The Labute approximate surface area is 125 Å². The molecule has 3 heteroatoms. The molecule has 2 heterocycles. The highest BCUT2D eigenvalue weighted by atomic mass is 32.2. The molecule has 0 saturated carbocycles. The van der Waals surface area contributed by atoms with Crippen molar-refractivity contribution in [1.29, 1.82) is 0 Å². The van der Waals surface area contributed by atoms with Gasteiger partial charge in [-0.1, -0.05) is 24.3 Å². The molecule has 2 atom stereocenters. The van der Waals surface area contributed by atoms with Crippen molar-refractivity contribution in [2.24, 2.45) is 0 Å². The first kappa shape index (κ1) is 13.7. The molecule has 3 rings (SSSR count). The maximum absolute atomic E-state index is 12.4. The molecule has 0 aromatic heterocycles. The van der Waals surface area contributed by atoms with Crippen LogP contribution in [-0.2, 0) is 11.2 Å². The van der Waals surface area contributed by atoms with Gasteiger partial charge in [-0.25, -0.2) is 0 Å². The molecule has 1 fully saturated rings. The molecule has 2 bridgehead atoms. The standard InChI is InChI=1S/C17H21NOS/c1-20-16-10-5-13(6-11-16)7-12-17(19)18-14-3-2-4-15(18)9-8-14/h2-3,5-6,10-11,14-15H,4,7-9,12H2,1H3. The Hall–Kier alpha value is -1.22. The Morgan fingerprint density at radius 1 is 1.30 bits per heavy atom. The van der Waals surface area contributed by atoms with E-state index in [1.807, 2.05) is 0 Å². The molecule has 2 nitrogen and oxygen atoms in total. The minimum atomic E-state index is 0.329. The van der Waals surface area contributed by atoms with Gasteiger partial charge in [0.15, 0.2) is 0 Å². The SMILES string of the molecule is CSc1ccc(CCC(=O)N2C3C=CCC2CC3)cc1. The molecule has 0 radical (unpaired) electrons. The Morgan fingerprint density at radius 2 is 2.10 bits per heavy atom. The van der Waals surface area contributed by atoms with E-state index in [1.165, 1.54) is 16.9 Å². The summed E-state index contributed by atoms with van der Waals surface area (Å²) in [5.41, 5.74) is 1.26. The van der Waals surface area contributed by atoms with Crippen LogP contribution in [-0.4, -0.2) is 29.1 Å². The van der Waals surface area contributed by atoms with Gasteiger partial charge in [-0.3, -0.25) is 4.79 Å². The summed E-state index contributed by atoms with van der Waals surface area (Å²) in [4.78, 5) is 15.9. The third kappa shape index (κ3) is 2.78. The molecule has 106 valence electrons. The van der Waals surface area contributed by atoms with E-state index < -0.39 is 0 Å². The highest BCUT2D eigenvalue weighted by molar-refractivity contribution is 7.98. The third-order valence-corrected chi connectivity index (χ3v) is 5.13. The predicted octanol–water partition coefficient (Wildman–Crippen LogP) is 3.66. The van der Waals surface area contributed by atoms with E-state index in [2.05, 4.69) is 47.6 Å². The van der Waals surface area contributed by atoms with Crippen molar-refractivity contribution in [1.82, 2.24) is 4.90 Å². The summed E-state index contributed by atoms with van der Waals surface area (Å²) in [6, 6.07) is 9.40. The first-order valence-electron chi connectivity index (χ1n) is 7.38. The van der Waals surface area contributed by atoms with Crippen LogP contribution in [0.5, 0.6) is 0 Å². The Kier molecular flexibility index (Phi) is 4.16. The van der Waals surface area contributed by atoms with Crippen LogP contribution >= 0.6 is 11.8 Å². The monoisotopic (exact) mass is 287 g/mol. The second-order valence-electron chi connectivity index (χ2n) is 5.61. The average molecular weight is 287 g/mol. The smallest absolute Gasteiger partial charge is 0.223 e. The maximum Gasteiger partial charge on any atom is 0.223 e. The van der Waals surface area contributed by atoms with Gasteiger partial charge in [-0.15, -0.1) is 11.8 Å². The number of amides is 1. The number of fused-ring (bicyclic) bond motifs is 2. The lowest BCUT2D eigenvalue weighted by molar-refractivity contribution is -0.133. The van der Waals surface area contributed by atoms with E-state index >= 15 is 0 Å². The molecule has 0 spiro atoms. The van der Waals surface area contributed by atoms with Gasteiger partial charge in [0.2, 0.25) is 5.91 Å². The van der Waals surface area contributed by atoms with Gasteiger partial charge in [0, 0.05) is 17.4 Å². The van der Waals surface area contributed by atoms with Crippen LogP contribution in [0.3, 0.4) is 0 Å². The highest BCUT2D eigenvalue weighted by Gasteiger charge is 2.36. The fourth-order valence-corrected chi connectivity index (χ4v) is 3.69. The minimum absolute atomic E-state index is 0.329. The topological polar surface area (TPSA) is 20.3 Å². The average Bonchev–Trinajstić information content (AvgIpc) is 2.75. The summed E-state index contributed by atoms with van der Waals surface area (Å²) >= 11 is 1.75. The number of carbonyl (C=O) groups is 1. The zero-order valence-corrected chi connectivity index (χ0v) is 12.7. The van der Waals surface area contributed by atoms with Crippen molar-refractivity contribution in [3.63, 3.8) is 0 Å². The van der Waals surface area contributed by atoms with E-state index in [0.29, 0.717) is 24.4 Å². The predicted molar refractivity (Wildman–Crippen MR) is 84.0 cm³/mol. The van der Waals surface area contributed by atoms with E-state index in [-0.39, 0.29) is 0 Å².